The molecule has 1 aliphatic carbocycles. The molecule has 1 aliphatic heterocycles. The number of hydrogen-bond acceptors (Lipinski definition) is 2. The SMILES string of the molecule is CC(C)C(Br)C(=O)NC1CCN(C2CC2)CC1. The van der Waals surface area contributed by atoms with Crippen molar-refractivity contribution in [2.75, 3.05) is 13.1 Å². The molecule has 0 aromatic heterocycles. The van der Waals surface area contributed by atoms with Crippen LogP contribution in [0.3, 0.4) is 0 Å². The molecule has 98 valence electrons. The molecule has 0 radical (unpaired) electrons. The van der Waals surface area contributed by atoms with Crippen molar-refractivity contribution in [2.45, 2.75) is 56.4 Å². The molecule has 0 aromatic carbocycles. The van der Waals surface area contributed by atoms with Crippen molar-refractivity contribution in [3.8, 4) is 0 Å². The first kappa shape index (κ1) is 13.3. The summed E-state index contributed by atoms with van der Waals surface area (Å²) < 4.78 is 0. The number of carbonyl (C=O) groups excluding carboxylic acids is 1. The van der Waals surface area contributed by atoms with E-state index in [1.807, 2.05) is 0 Å². The van der Waals surface area contributed by atoms with Crippen LogP contribution in [0, 0.1) is 5.92 Å². The third-order valence-electron chi connectivity index (χ3n) is 3.77. The lowest BCUT2D eigenvalue weighted by atomic mass is 10.0. The number of alkyl halides is 1. The molecule has 4 heteroatoms. The molecular formula is C13H23BrN2O. The number of carbonyl (C=O) groups is 1. The highest BCUT2D eigenvalue weighted by molar-refractivity contribution is 9.10. The highest BCUT2D eigenvalue weighted by atomic mass is 79.9. The zero-order valence-electron chi connectivity index (χ0n) is 10.8. The summed E-state index contributed by atoms with van der Waals surface area (Å²) in [7, 11) is 0. The predicted molar refractivity (Wildman–Crippen MR) is 73.3 cm³/mol. The predicted octanol–water partition coefficient (Wildman–Crippen LogP) is 2.15. The number of nitrogens with zero attached hydrogens (tertiary/aromatic N) is 1. The first-order valence-electron chi connectivity index (χ1n) is 6.76. The van der Waals surface area contributed by atoms with Gasteiger partial charge in [-0.3, -0.25) is 4.79 Å². The van der Waals surface area contributed by atoms with Crippen molar-refractivity contribution >= 4 is 21.8 Å². The normalized spacial score (nSPS) is 24.9. The summed E-state index contributed by atoms with van der Waals surface area (Å²) in [6, 6.07) is 1.25. The molecule has 0 spiro atoms. The third-order valence-corrected chi connectivity index (χ3v) is 5.25. The van der Waals surface area contributed by atoms with Gasteiger partial charge in [0.1, 0.15) is 0 Å². The van der Waals surface area contributed by atoms with E-state index in [-0.39, 0.29) is 10.7 Å². The van der Waals surface area contributed by atoms with E-state index in [2.05, 4.69) is 40.0 Å². The Morgan fingerprint density at radius 3 is 2.29 bits per heavy atom. The smallest absolute Gasteiger partial charge is 0.234 e. The van der Waals surface area contributed by atoms with Crippen LogP contribution in [0.1, 0.15) is 39.5 Å². The number of likely N-dealkylation sites (tertiary alicyclic amines) is 1. The Labute approximate surface area is 112 Å². The Morgan fingerprint density at radius 1 is 1.24 bits per heavy atom. The van der Waals surface area contributed by atoms with Gasteiger partial charge in [-0.05, 0) is 31.6 Å². The standard InChI is InChI=1S/C13H23BrN2O/c1-9(2)12(14)13(17)15-10-5-7-16(8-6-10)11-3-4-11/h9-12H,3-8H2,1-2H3,(H,15,17). The third kappa shape index (κ3) is 3.68. The summed E-state index contributed by atoms with van der Waals surface area (Å²) in [5.41, 5.74) is 0. The van der Waals surface area contributed by atoms with Crippen LogP contribution in [0.5, 0.6) is 0 Å². The van der Waals surface area contributed by atoms with Gasteiger partial charge in [0.15, 0.2) is 0 Å². The van der Waals surface area contributed by atoms with Crippen LogP contribution in [-0.2, 0) is 4.79 Å². The minimum atomic E-state index is -0.0519. The van der Waals surface area contributed by atoms with E-state index in [0.29, 0.717) is 12.0 Å². The lowest BCUT2D eigenvalue weighted by Gasteiger charge is -2.33. The monoisotopic (exact) mass is 302 g/mol. The van der Waals surface area contributed by atoms with E-state index in [0.717, 1.165) is 32.0 Å². The van der Waals surface area contributed by atoms with E-state index in [1.54, 1.807) is 0 Å². The lowest BCUT2D eigenvalue weighted by molar-refractivity contribution is -0.122. The van der Waals surface area contributed by atoms with Gasteiger partial charge in [-0.15, -0.1) is 0 Å². The van der Waals surface area contributed by atoms with Crippen molar-refractivity contribution in [1.29, 1.82) is 0 Å². The maximum atomic E-state index is 11.9. The summed E-state index contributed by atoms with van der Waals surface area (Å²) in [4.78, 5) is 14.4. The van der Waals surface area contributed by atoms with Gasteiger partial charge in [0.25, 0.3) is 0 Å². The molecule has 1 saturated heterocycles. The van der Waals surface area contributed by atoms with Gasteiger partial charge in [-0.1, -0.05) is 29.8 Å². The second-order valence-corrected chi connectivity index (χ2v) is 6.68. The summed E-state index contributed by atoms with van der Waals surface area (Å²) >= 11 is 3.46. The van der Waals surface area contributed by atoms with Crippen LogP contribution >= 0.6 is 15.9 Å². The number of halogens is 1. The second kappa shape index (κ2) is 5.70. The first-order chi connectivity index (χ1) is 8.08. The first-order valence-corrected chi connectivity index (χ1v) is 7.68. The molecule has 3 nitrogen and oxygen atoms in total. The molecule has 1 N–H and O–H groups in total. The fourth-order valence-electron chi connectivity index (χ4n) is 2.43. The largest absolute Gasteiger partial charge is 0.352 e. The van der Waals surface area contributed by atoms with Crippen LogP contribution in [0.2, 0.25) is 0 Å². The zero-order chi connectivity index (χ0) is 12.4. The maximum Gasteiger partial charge on any atom is 0.234 e. The Hall–Kier alpha value is -0.0900. The molecule has 1 saturated carbocycles. The molecular weight excluding hydrogens is 280 g/mol. The minimum Gasteiger partial charge on any atom is -0.352 e. The topological polar surface area (TPSA) is 32.3 Å². The molecule has 1 heterocycles. The summed E-state index contributed by atoms with van der Waals surface area (Å²) in [5.74, 6) is 0.506. The van der Waals surface area contributed by atoms with E-state index < -0.39 is 0 Å². The van der Waals surface area contributed by atoms with Gasteiger partial charge in [-0.2, -0.15) is 0 Å². The van der Waals surface area contributed by atoms with Crippen molar-refractivity contribution in [3.05, 3.63) is 0 Å². The molecule has 17 heavy (non-hydrogen) atoms. The Kier molecular flexibility index (Phi) is 4.47. The second-order valence-electron chi connectivity index (χ2n) is 5.70. The van der Waals surface area contributed by atoms with E-state index in [4.69, 9.17) is 0 Å². The van der Waals surface area contributed by atoms with E-state index in [9.17, 15) is 4.79 Å². The van der Waals surface area contributed by atoms with Gasteiger partial charge in [-0.25, -0.2) is 0 Å². The van der Waals surface area contributed by atoms with Crippen LogP contribution in [0.4, 0.5) is 0 Å². The van der Waals surface area contributed by atoms with Crippen LogP contribution in [0.15, 0.2) is 0 Å². The number of rotatable bonds is 4. The summed E-state index contributed by atoms with van der Waals surface area (Å²) in [5, 5.41) is 3.17. The van der Waals surface area contributed by atoms with Crippen LogP contribution < -0.4 is 5.32 Å². The molecule has 1 atom stereocenters. The average molecular weight is 303 g/mol. The van der Waals surface area contributed by atoms with Crippen molar-refractivity contribution < 1.29 is 4.79 Å². The molecule has 1 unspecified atom stereocenters. The number of hydrogen-bond donors (Lipinski definition) is 1. The van der Waals surface area contributed by atoms with Crippen molar-refractivity contribution in [1.82, 2.24) is 10.2 Å². The number of amides is 1. The fourth-order valence-corrected chi connectivity index (χ4v) is 2.56. The highest BCUT2D eigenvalue weighted by Crippen LogP contribution is 2.29. The minimum absolute atomic E-state index is 0.0519. The Balaban J connectivity index is 1.71. The summed E-state index contributed by atoms with van der Waals surface area (Å²) in [6.45, 7) is 6.44. The van der Waals surface area contributed by atoms with Gasteiger partial charge < -0.3 is 10.2 Å². The molecule has 2 rings (SSSR count). The molecule has 0 bridgehead atoms. The number of piperidine rings is 1. The van der Waals surface area contributed by atoms with Gasteiger partial charge >= 0.3 is 0 Å². The zero-order valence-corrected chi connectivity index (χ0v) is 12.4. The molecule has 2 fully saturated rings. The van der Waals surface area contributed by atoms with Crippen molar-refractivity contribution in [2.24, 2.45) is 5.92 Å². The highest BCUT2D eigenvalue weighted by Gasteiger charge is 2.32. The summed E-state index contributed by atoms with van der Waals surface area (Å²) in [6.07, 6.45) is 4.99. The quantitative estimate of drug-likeness (QED) is 0.807. The van der Waals surface area contributed by atoms with E-state index in [1.165, 1.54) is 12.8 Å². The Morgan fingerprint density at radius 2 is 1.82 bits per heavy atom. The lowest BCUT2D eigenvalue weighted by Crippen LogP contribution is -2.47. The molecule has 1 amide bonds. The number of nitrogens with one attached hydrogen (secondary N) is 1. The van der Waals surface area contributed by atoms with Crippen LogP contribution in [0.25, 0.3) is 0 Å². The molecule has 2 aliphatic rings. The van der Waals surface area contributed by atoms with Gasteiger partial charge in [0.2, 0.25) is 5.91 Å². The van der Waals surface area contributed by atoms with Gasteiger partial charge in [0.05, 0.1) is 4.83 Å². The fraction of sp³-hybridized carbons (Fsp3) is 0.923. The average Bonchev–Trinajstić information content (AvgIpc) is 3.12. The van der Waals surface area contributed by atoms with Crippen LogP contribution in [-0.4, -0.2) is 40.8 Å². The van der Waals surface area contributed by atoms with Gasteiger partial charge in [0, 0.05) is 25.2 Å². The maximum absolute atomic E-state index is 11.9. The van der Waals surface area contributed by atoms with E-state index >= 15 is 0 Å². The molecule has 0 aromatic rings. The van der Waals surface area contributed by atoms with Crippen molar-refractivity contribution in [3.63, 3.8) is 0 Å². The Bertz CT molecular complexity index is 271.